The molecular weight excluding hydrogens is 767 g/mol. The molecule has 0 bridgehead atoms. The van der Waals surface area contributed by atoms with Crippen LogP contribution in [0.4, 0.5) is 26.7 Å². The smallest absolute Gasteiger partial charge is 0.315 e. The average molecular weight is 817 g/mol. The topological polar surface area (TPSA) is 181 Å². The maximum Gasteiger partial charge on any atom is 0.315 e. The van der Waals surface area contributed by atoms with E-state index < -0.39 is 47.2 Å². The molecule has 2 heterocycles. The zero-order valence-corrected chi connectivity index (χ0v) is 31.2. The predicted molar refractivity (Wildman–Crippen MR) is 186 cm³/mol. The fourth-order valence-corrected chi connectivity index (χ4v) is 6.76. The van der Waals surface area contributed by atoms with Crippen molar-refractivity contribution in [3.63, 3.8) is 0 Å². The number of halogens is 5. The second-order valence-corrected chi connectivity index (χ2v) is 13.4. The average Bonchev–Trinajstić information content (AvgIpc) is 3.73. The maximum absolute atomic E-state index is 13.6. The van der Waals surface area contributed by atoms with Crippen molar-refractivity contribution in [2.45, 2.75) is 55.9 Å². The molecule has 55 heavy (non-hydrogen) atoms. The van der Waals surface area contributed by atoms with Gasteiger partial charge in [0.2, 0.25) is 46.6 Å². The van der Waals surface area contributed by atoms with Gasteiger partial charge in [0, 0.05) is 36.9 Å². The summed E-state index contributed by atoms with van der Waals surface area (Å²) in [4.78, 5) is 47.1. The number of ether oxygens (including phenoxy) is 7. The number of carbonyl (C=O) groups is 4. The molecule has 0 unspecified atom stereocenters. The second kappa shape index (κ2) is 26.5. The van der Waals surface area contributed by atoms with Crippen LogP contribution in [0.25, 0.3) is 0 Å². The van der Waals surface area contributed by atoms with E-state index in [2.05, 4.69) is 26.0 Å². The number of unbranched alkanes of at least 4 members (excludes halogenated alkanes) is 1. The van der Waals surface area contributed by atoms with Gasteiger partial charge in [0.25, 0.3) is 0 Å². The zero-order valence-electron chi connectivity index (χ0n) is 30.4. The minimum absolute atomic E-state index is 0.0500. The number of carbonyl (C=O) groups excluding carboxylic acids is 4. The Balaban J connectivity index is 0.986. The van der Waals surface area contributed by atoms with Crippen LogP contribution in [0.5, 0.6) is 5.75 Å². The minimum Gasteiger partial charge on any atom is -0.420 e. The molecule has 1 aromatic rings. The molecule has 0 saturated carbocycles. The number of thioether (sulfide) groups is 1. The Morgan fingerprint density at radius 2 is 1.05 bits per heavy atom. The van der Waals surface area contributed by atoms with Crippen molar-refractivity contribution in [1.82, 2.24) is 21.3 Å². The zero-order chi connectivity index (χ0) is 39.8. The molecule has 0 aliphatic carbocycles. The number of esters is 1. The van der Waals surface area contributed by atoms with E-state index in [1.165, 1.54) is 0 Å². The summed E-state index contributed by atoms with van der Waals surface area (Å²) in [5, 5.41) is 11.8. The van der Waals surface area contributed by atoms with Crippen LogP contribution in [0.1, 0.15) is 38.5 Å². The van der Waals surface area contributed by atoms with Crippen LogP contribution < -0.4 is 26.0 Å². The monoisotopic (exact) mass is 816 g/mol. The Morgan fingerprint density at radius 3 is 1.58 bits per heavy atom. The van der Waals surface area contributed by atoms with E-state index in [9.17, 15) is 41.1 Å². The molecule has 2 aliphatic heterocycles. The summed E-state index contributed by atoms with van der Waals surface area (Å²) >= 11 is 1.86. The first-order valence-electron chi connectivity index (χ1n) is 18.0. The van der Waals surface area contributed by atoms with Gasteiger partial charge in [0.05, 0.1) is 97.8 Å². The molecular formula is C34H49F5N4O11S. The largest absolute Gasteiger partial charge is 0.420 e. The molecule has 15 nitrogen and oxygen atoms in total. The Kier molecular flexibility index (Phi) is 22.2. The van der Waals surface area contributed by atoms with Crippen molar-refractivity contribution in [3.05, 3.63) is 29.1 Å². The van der Waals surface area contributed by atoms with Crippen molar-refractivity contribution in [2.75, 3.05) is 98.1 Å². The van der Waals surface area contributed by atoms with E-state index in [0.29, 0.717) is 64.4 Å². The lowest BCUT2D eigenvalue weighted by molar-refractivity contribution is -0.136. The molecule has 1 aromatic carbocycles. The third kappa shape index (κ3) is 17.6. The predicted octanol–water partition coefficient (Wildman–Crippen LogP) is 2.13. The molecule has 2 aliphatic rings. The van der Waals surface area contributed by atoms with Crippen LogP contribution in [-0.2, 0) is 42.8 Å². The summed E-state index contributed by atoms with van der Waals surface area (Å²) < 4.78 is 103. The molecule has 312 valence electrons. The van der Waals surface area contributed by atoms with E-state index in [0.717, 1.165) is 25.0 Å². The number of hydrogen-bond acceptors (Lipinski definition) is 12. The van der Waals surface area contributed by atoms with Crippen LogP contribution in [-0.4, -0.2) is 139 Å². The Hall–Kier alpha value is -3.34. The number of benzene rings is 1. The first-order chi connectivity index (χ1) is 26.6. The molecule has 2 saturated heterocycles. The summed E-state index contributed by atoms with van der Waals surface area (Å²) in [5.41, 5.74) is 0. The molecule has 0 spiro atoms. The highest BCUT2D eigenvalue weighted by molar-refractivity contribution is 8.00. The van der Waals surface area contributed by atoms with Gasteiger partial charge in [0.15, 0.2) is 0 Å². The van der Waals surface area contributed by atoms with Gasteiger partial charge in [0.1, 0.15) is 0 Å². The van der Waals surface area contributed by atoms with E-state index in [4.69, 9.17) is 28.4 Å². The number of nitrogens with one attached hydrogen (secondary N) is 4. The highest BCUT2D eigenvalue weighted by Gasteiger charge is 2.42. The minimum atomic E-state index is -2.36. The van der Waals surface area contributed by atoms with Crippen molar-refractivity contribution in [2.24, 2.45) is 0 Å². The van der Waals surface area contributed by atoms with Gasteiger partial charge in [-0.1, -0.05) is 6.42 Å². The summed E-state index contributed by atoms with van der Waals surface area (Å²) in [6.45, 7) is 3.45. The van der Waals surface area contributed by atoms with Crippen molar-refractivity contribution in [3.8, 4) is 5.75 Å². The third-order valence-electron chi connectivity index (χ3n) is 8.02. The molecule has 0 aromatic heterocycles. The van der Waals surface area contributed by atoms with Gasteiger partial charge in [-0.2, -0.15) is 20.5 Å². The number of rotatable bonds is 30. The highest BCUT2D eigenvalue weighted by atomic mass is 32.2. The maximum atomic E-state index is 13.6. The van der Waals surface area contributed by atoms with Crippen LogP contribution in [0.15, 0.2) is 0 Å². The standard InChI is InChI=1S/C34H49F5N4O11S/c35-27-28(36)30(38)33(31(39)29(27)37)54-26(46)6-10-49-12-14-51-16-18-53-20-19-52-17-15-50-13-11-48-9-5-25(45)41-8-7-40-24(44)4-2-1-3-23-32-22(21-55-23)42-34(47)43-32/h22-23,32H,1-21H2,(H,40,44)(H,41,45)(H2,42,43,47)/t22-,23-,32-/m0/s1. The van der Waals surface area contributed by atoms with Crippen molar-refractivity contribution >= 4 is 35.6 Å². The lowest BCUT2D eigenvalue weighted by Gasteiger charge is -2.16. The SMILES string of the molecule is O=C(CCCC[C@@H]1SC[C@@H]2NC(=O)N[C@@H]21)NCCNC(=O)CCOCCOCCOCCOCCOCCOCCC(=O)Oc1c(F)c(F)c(F)c(F)c1F. The molecule has 2 fully saturated rings. The molecule has 0 radical (unpaired) electrons. The number of hydrogen-bond donors (Lipinski definition) is 4. The highest BCUT2D eigenvalue weighted by Crippen LogP contribution is 2.33. The second-order valence-electron chi connectivity index (χ2n) is 12.1. The summed E-state index contributed by atoms with van der Waals surface area (Å²) in [7, 11) is 0. The van der Waals surface area contributed by atoms with E-state index in [1.807, 2.05) is 11.8 Å². The summed E-state index contributed by atoms with van der Waals surface area (Å²) in [6, 6.07) is 0.282. The first kappa shape index (κ1) is 46.0. The number of urea groups is 1. The quantitative estimate of drug-likeness (QED) is 0.0169. The van der Waals surface area contributed by atoms with Gasteiger partial charge in [-0.25, -0.2) is 18.0 Å². The normalized spacial score (nSPS) is 17.5. The fraction of sp³-hybridized carbons (Fsp3) is 0.706. The van der Waals surface area contributed by atoms with Crippen molar-refractivity contribution in [1.29, 1.82) is 0 Å². The van der Waals surface area contributed by atoms with Gasteiger partial charge < -0.3 is 54.4 Å². The third-order valence-corrected chi connectivity index (χ3v) is 9.53. The van der Waals surface area contributed by atoms with E-state index in [1.54, 1.807) is 0 Å². The van der Waals surface area contributed by atoms with Crippen LogP contribution in [0, 0.1) is 29.1 Å². The van der Waals surface area contributed by atoms with E-state index in [-0.39, 0.29) is 76.0 Å². The number of amides is 4. The molecule has 21 heteroatoms. The van der Waals surface area contributed by atoms with Gasteiger partial charge in [-0.3, -0.25) is 14.4 Å². The molecule has 3 rings (SSSR count). The first-order valence-corrected chi connectivity index (χ1v) is 19.0. The lowest BCUT2D eigenvalue weighted by Crippen LogP contribution is -2.36. The summed E-state index contributed by atoms with van der Waals surface area (Å²) in [5.74, 6) is -13.5. The fourth-order valence-electron chi connectivity index (χ4n) is 5.22. The molecule has 4 amide bonds. The number of fused-ring (bicyclic) bond motifs is 1. The molecule has 3 atom stereocenters. The van der Waals surface area contributed by atoms with Gasteiger partial charge in [-0.05, 0) is 12.8 Å². The molecule has 4 N–H and O–H groups in total. The summed E-state index contributed by atoms with van der Waals surface area (Å²) in [6.07, 6.45) is 2.75. The van der Waals surface area contributed by atoms with Crippen LogP contribution in [0.2, 0.25) is 0 Å². The van der Waals surface area contributed by atoms with E-state index >= 15 is 0 Å². The van der Waals surface area contributed by atoms with Crippen molar-refractivity contribution < 1.29 is 74.3 Å². The Bertz CT molecular complexity index is 1340. The van der Waals surface area contributed by atoms with Gasteiger partial charge in [-0.15, -0.1) is 0 Å². The Labute approximate surface area is 319 Å². The lowest BCUT2D eigenvalue weighted by atomic mass is 10.0. The van der Waals surface area contributed by atoms with Gasteiger partial charge >= 0.3 is 12.0 Å². The van der Waals surface area contributed by atoms with Crippen LogP contribution >= 0.6 is 11.8 Å². The van der Waals surface area contributed by atoms with Crippen LogP contribution in [0.3, 0.4) is 0 Å². The Morgan fingerprint density at radius 1 is 0.600 bits per heavy atom.